The van der Waals surface area contributed by atoms with Crippen molar-refractivity contribution in [2.24, 2.45) is 5.92 Å². The van der Waals surface area contributed by atoms with Gasteiger partial charge >= 0.3 is 0 Å². The van der Waals surface area contributed by atoms with Gasteiger partial charge in [0.2, 0.25) is 0 Å². The zero-order valence-corrected chi connectivity index (χ0v) is 9.38. The van der Waals surface area contributed by atoms with Gasteiger partial charge in [-0.25, -0.2) is 4.39 Å². The van der Waals surface area contributed by atoms with Crippen molar-refractivity contribution in [3.05, 3.63) is 29.6 Å². The fourth-order valence-electron chi connectivity index (χ4n) is 2.62. The number of para-hydroxylation sites is 1. The van der Waals surface area contributed by atoms with Gasteiger partial charge in [-0.05, 0) is 43.5 Å². The van der Waals surface area contributed by atoms with E-state index in [1.54, 1.807) is 0 Å². The summed E-state index contributed by atoms with van der Waals surface area (Å²) in [7, 11) is 0. The van der Waals surface area contributed by atoms with Gasteiger partial charge in [0, 0.05) is 13.1 Å². The third kappa shape index (κ3) is 1.80. The molecule has 1 fully saturated rings. The first kappa shape index (κ1) is 10.1. The summed E-state index contributed by atoms with van der Waals surface area (Å²) < 4.78 is 13.5. The molecule has 2 aliphatic rings. The third-order valence-corrected chi connectivity index (χ3v) is 3.64. The van der Waals surface area contributed by atoms with Crippen LogP contribution in [0.15, 0.2) is 18.2 Å². The topological polar surface area (TPSA) is 15.3 Å². The minimum atomic E-state index is -0.111. The molecule has 0 saturated carbocycles. The maximum Gasteiger partial charge on any atom is 0.146 e. The lowest BCUT2D eigenvalue weighted by molar-refractivity contribution is 0.153. The van der Waals surface area contributed by atoms with Crippen molar-refractivity contribution in [2.75, 3.05) is 31.5 Å². The lowest BCUT2D eigenvalue weighted by Gasteiger charge is -2.36. The van der Waals surface area contributed by atoms with Gasteiger partial charge in [0.05, 0.1) is 5.69 Å². The van der Waals surface area contributed by atoms with Crippen LogP contribution < -0.4 is 5.32 Å². The molecule has 0 amide bonds. The van der Waals surface area contributed by atoms with Crippen molar-refractivity contribution >= 4 is 5.69 Å². The molecule has 0 aromatic heterocycles. The summed E-state index contributed by atoms with van der Waals surface area (Å²) in [6.45, 7) is 4.55. The molecule has 3 rings (SSSR count). The average Bonchev–Trinajstić information content (AvgIpc) is 2.24. The third-order valence-electron chi connectivity index (χ3n) is 3.64. The van der Waals surface area contributed by atoms with Crippen molar-refractivity contribution in [1.82, 2.24) is 4.90 Å². The van der Waals surface area contributed by atoms with Gasteiger partial charge in [-0.3, -0.25) is 0 Å². The number of hydrogen-bond acceptors (Lipinski definition) is 2. The Morgan fingerprint density at radius 2 is 2.25 bits per heavy atom. The fourth-order valence-corrected chi connectivity index (χ4v) is 2.62. The number of rotatable bonds is 2. The number of nitrogens with one attached hydrogen (secondary N) is 1. The van der Waals surface area contributed by atoms with E-state index in [1.807, 2.05) is 12.1 Å². The lowest BCUT2D eigenvalue weighted by atomic mass is 9.92. The number of fused-ring (bicyclic) bond motifs is 1. The van der Waals surface area contributed by atoms with E-state index in [0.717, 1.165) is 30.8 Å². The number of halogens is 1. The van der Waals surface area contributed by atoms with Crippen LogP contribution in [0.2, 0.25) is 0 Å². The van der Waals surface area contributed by atoms with Crippen LogP contribution in [0.4, 0.5) is 10.1 Å². The molecule has 1 unspecified atom stereocenters. The highest BCUT2D eigenvalue weighted by atomic mass is 19.1. The number of anilines is 1. The summed E-state index contributed by atoms with van der Waals surface area (Å²) in [6.07, 6.45) is 2.35. The Morgan fingerprint density at radius 1 is 1.38 bits per heavy atom. The molecular weight excluding hydrogens is 203 g/mol. The smallest absolute Gasteiger partial charge is 0.146 e. The first-order valence-electron chi connectivity index (χ1n) is 6.06. The molecule has 0 radical (unpaired) electrons. The lowest BCUT2D eigenvalue weighted by Crippen LogP contribution is -2.43. The molecule has 0 spiro atoms. The Hall–Kier alpha value is -1.09. The van der Waals surface area contributed by atoms with Crippen LogP contribution in [-0.2, 0) is 6.42 Å². The van der Waals surface area contributed by atoms with E-state index in [1.165, 1.54) is 25.6 Å². The molecule has 1 saturated heterocycles. The summed E-state index contributed by atoms with van der Waals surface area (Å²) in [5.41, 5.74) is 1.86. The van der Waals surface area contributed by atoms with E-state index in [9.17, 15) is 4.39 Å². The molecule has 1 aromatic carbocycles. The fraction of sp³-hybridized carbons (Fsp3) is 0.538. The maximum atomic E-state index is 13.5. The molecule has 2 aliphatic heterocycles. The van der Waals surface area contributed by atoms with Crippen molar-refractivity contribution < 1.29 is 4.39 Å². The van der Waals surface area contributed by atoms with Gasteiger partial charge in [-0.2, -0.15) is 0 Å². The Morgan fingerprint density at radius 3 is 3.00 bits per heavy atom. The molecule has 1 aromatic rings. The summed E-state index contributed by atoms with van der Waals surface area (Å²) in [6, 6.07) is 5.37. The van der Waals surface area contributed by atoms with E-state index in [4.69, 9.17) is 0 Å². The molecule has 1 N–H and O–H groups in total. The van der Waals surface area contributed by atoms with Gasteiger partial charge in [-0.1, -0.05) is 12.1 Å². The highest BCUT2D eigenvalue weighted by Gasteiger charge is 2.24. The standard InChI is InChI=1S/C13H17FN2/c14-12-4-1-3-11-7-10(8-15-13(11)12)9-16-5-2-6-16/h1,3-4,10,15H,2,5-9H2. The van der Waals surface area contributed by atoms with Gasteiger partial charge in [0.1, 0.15) is 5.82 Å². The van der Waals surface area contributed by atoms with E-state index >= 15 is 0 Å². The van der Waals surface area contributed by atoms with Gasteiger partial charge < -0.3 is 10.2 Å². The molecule has 2 heterocycles. The normalized spacial score (nSPS) is 24.4. The largest absolute Gasteiger partial charge is 0.382 e. The first-order valence-corrected chi connectivity index (χ1v) is 6.06. The molecule has 86 valence electrons. The summed E-state index contributed by atoms with van der Waals surface area (Å²) in [4.78, 5) is 2.48. The monoisotopic (exact) mass is 220 g/mol. The van der Waals surface area contributed by atoms with Crippen molar-refractivity contribution in [3.63, 3.8) is 0 Å². The highest BCUT2D eigenvalue weighted by Crippen LogP contribution is 2.28. The Bertz CT molecular complexity index is 388. The Labute approximate surface area is 95.4 Å². The van der Waals surface area contributed by atoms with Gasteiger partial charge in [-0.15, -0.1) is 0 Å². The molecule has 0 aliphatic carbocycles. The molecule has 2 nitrogen and oxygen atoms in total. The van der Waals surface area contributed by atoms with Crippen molar-refractivity contribution in [1.29, 1.82) is 0 Å². The second kappa shape index (κ2) is 4.06. The van der Waals surface area contributed by atoms with Crippen LogP contribution in [0.1, 0.15) is 12.0 Å². The Kier molecular flexibility index (Phi) is 2.56. The van der Waals surface area contributed by atoms with E-state index in [0.29, 0.717) is 5.92 Å². The van der Waals surface area contributed by atoms with Crippen molar-refractivity contribution in [3.8, 4) is 0 Å². The summed E-state index contributed by atoms with van der Waals surface area (Å²) in [5.74, 6) is 0.523. The van der Waals surface area contributed by atoms with Gasteiger partial charge in [0.15, 0.2) is 0 Å². The van der Waals surface area contributed by atoms with Gasteiger partial charge in [0.25, 0.3) is 0 Å². The van der Waals surface area contributed by atoms with E-state index in [2.05, 4.69) is 10.2 Å². The van der Waals surface area contributed by atoms with Crippen LogP contribution in [0.5, 0.6) is 0 Å². The predicted octanol–water partition coefficient (Wildman–Crippen LogP) is 2.12. The predicted molar refractivity (Wildman–Crippen MR) is 63.1 cm³/mol. The minimum Gasteiger partial charge on any atom is -0.382 e. The number of nitrogens with zero attached hydrogens (tertiary/aromatic N) is 1. The molecule has 3 heteroatoms. The quantitative estimate of drug-likeness (QED) is 0.821. The molecule has 16 heavy (non-hydrogen) atoms. The van der Waals surface area contributed by atoms with Crippen molar-refractivity contribution in [2.45, 2.75) is 12.8 Å². The van der Waals surface area contributed by atoms with Crippen LogP contribution in [0.25, 0.3) is 0 Å². The minimum absolute atomic E-state index is 0.111. The van der Waals surface area contributed by atoms with Crippen LogP contribution >= 0.6 is 0 Å². The summed E-state index contributed by atoms with van der Waals surface area (Å²) in [5, 5.41) is 3.23. The van der Waals surface area contributed by atoms with Crippen LogP contribution in [0, 0.1) is 11.7 Å². The SMILES string of the molecule is Fc1cccc2c1NCC(CN1CCC1)C2. The van der Waals surface area contributed by atoms with E-state index in [-0.39, 0.29) is 5.82 Å². The molecule has 0 bridgehead atoms. The second-order valence-corrected chi connectivity index (χ2v) is 4.88. The number of benzene rings is 1. The average molecular weight is 220 g/mol. The molecule has 1 atom stereocenters. The highest BCUT2D eigenvalue weighted by molar-refractivity contribution is 5.54. The molecular formula is C13H17FN2. The summed E-state index contributed by atoms with van der Waals surface area (Å²) >= 11 is 0. The number of hydrogen-bond donors (Lipinski definition) is 1. The zero-order valence-electron chi connectivity index (χ0n) is 9.38. The Balaban J connectivity index is 1.70. The first-order chi connectivity index (χ1) is 7.83. The maximum absolute atomic E-state index is 13.5. The van der Waals surface area contributed by atoms with Crippen LogP contribution in [-0.4, -0.2) is 31.1 Å². The van der Waals surface area contributed by atoms with Crippen LogP contribution in [0.3, 0.4) is 0 Å². The number of likely N-dealkylation sites (tertiary alicyclic amines) is 1. The van der Waals surface area contributed by atoms with E-state index < -0.39 is 0 Å². The second-order valence-electron chi connectivity index (χ2n) is 4.88. The zero-order chi connectivity index (χ0) is 11.0.